The summed E-state index contributed by atoms with van der Waals surface area (Å²) < 4.78 is 13.2. The Balaban J connectivity index is 1.82. The van der Waals surface area contributed by atoms with Crippen LogP contribution in [-0.4, -0.2) is 41.9 Å². The Kier molecular flexibility index (Phi) is 7.03. The van der Waals surface area contributed by atoms with Gasteiger partial charge in [0.25, 0.3) is 0 Å². The van der Waals surface area contributed by atoms with E-state index in [1.807, 2.05) is 11.0 Å². The van der Waals surface area contributed by atoms with Crippen LogP contribution in [-0.2, 0) is 11.3 Å². The Morgan fingerprint density at radius 1 is 1.22 bits per heavy atom. The zero-order valence-corrected chi connectivity index (χ0v) is 14.4. The second-order valence-corrected chi connectivity index (χ2v) is 6.48. The second-order valence-electron chi connectivity index (χ2n) is 6.48. The van der Waals surface area contributed by atoms with Crippen LogP contribution in [0, 0.1) is 11.7 Å². The van der Waals surface area contributed by atoms with Gasteiger partial charge in [-0.1, -0.05) is 38.8 Å². The molecule has 1 saturated heterocycles. The highest BCUT2D eigenvalue weighted by Gasteiger charge is 2.26. The highest BCUT2D eigenvalue weighted by Crippen LogP contribution is 2.18. The third-order valence-electron chi connectivity index (χ3n) is 4.73. The van der Waals surface area contributed by atoms with Crippen molar-refractivity contribution in [2.24, 2.45) is 5.92 Å². The lowest BCUT2D eigenvalue weighted by Crippen LogP contribution is -2.49. The average molecular weight is 320 g/mol. The van der Waals surface area contributed by atoms with Crippen molar-refractivity contribution in [2.45, 2.75) is 46.1 Å². The first-order valence-corrected chi connectivity index (χ1v) is 8.89. The van der Waals surface area contributed by atoms with Gasteiger partial charge in [0.1, 0.15) is 5.82 Å². The Bertz CT molecular complexity index is 498. The Morgan fingerprint density at radius 3 is 2.57 bits per heavy atom. The molecule has 0 N–H and O–H groups in total. The Labute approximate surface area is 139 Å². The number of carbonyl (C=O) groups is 1. The molecule has 3 nitrogen and oxygen atoms in total. The molecule has 1 aliphatic rings. The fourth-order valence-electron chi connectivity index (χ4n) is 3.23. The van der Waals surface area contributed by atoms with E-state index in [1.54, 1.807) is 12.1 Å². The molecule has 1 aromatic rings. The maximum atomic E-state index is 13.2. The standard InChI is InChI=1S/C19H29FN2O/c1-3-5-8-17(4-2)19(23)22-12-10-21(11-13-22)15-16-7-6-9-18(20)14-16/h6-7,9,14,17H,3-5,8,10-13,15H2,1-2H3. The van der Waals surface area contributed by atoms with E-state index >= 15 is 0 Å². The lowest BCUT2D eigenvalue weighted by atomic mass is 9.97. The monoisotopic (exact) mass is 320 g/mol. The van der Waals surface area contributed by atoms with Crippen LogP contribution >= 0.6 is 0 Å². The predicted octanol–water partition coefficient (Wildman–Crippen LogP) is 3.69. The van der Waals surface area contributed by atoms with Gasteiger partial charge in [-0.2, -0.15) is 0 Å². The van der Waals surface area contributed by atoms with Gasteiger partial charge >= 0.3 is 0 Å². The third-order valence-corrected chi connectivity index (χ3v) is 4.73. The first-order valence-electron chi connectivity index (χ1n) is 8.89. The zero-order chi connectivity index (χ0) is 16.7. The summed E-state index contributed by atoms with van der Waals surface area (Å²) in [7, 11) is 0. The maximum absolute atomic E-state index is 13.2. The zero-order valence-electron chi connectivity index (χ0n) is 14.4. The van der Waals surface area contributed by atoms with E-state index in [1.165, 1.54) is 6.07 Å². The molecule has 0 saturated carbocycles. The normalized spacial score (nSPS) is 17.3. The quantitative estimate of drug-likeness (QED) is 0.765. The van der Waals surface area contributed by atoms with Gasteiger partial charge in [0.05, 0.1) is 0 Å². The van der Waals surface area contributed by atoms with Gasteiger partial charge in [-0.15, -0.1) is 0 Å². The molecule has 1 aliphatic heterocycles. The van der Waals surface area contributed by atoms with E-state index in [9.17, 15) is 9.18 Å². The van der Waals surface area contributed by atoms with Gasteiger partial charge < -0.3 is 4.90 Å². The molecule has 0 aromatic heterocycles. The van der Waals surface area contributed by atoms with Crippen molar-refractivity contribution in [3.8, 4) is 0 Å². The molecule has 1 amide bonds. The van der Waals surface area contributed by atoms with Gasteiger partial charge in [-0.25, -0.2) is 4.39 Å². The molecule has 1 aromatic carbocycles. The summed E-state index contributed by atoms with van der Waals surface area (Å²) in [4.78, 5) is 16.9. The van der Waals surface area contributed by atoms with Crippen LogP contribution in [0.2, 0.25) is 0 Å². The number of unbranched alkanes of at least 4 members (excludes halogenated alkanes) is 1. The molecule has 0 bridgehead atoms. The second kappa shape index (κ2) is 9.02. The van der Waals surface area contributed by atoms with E-state index in [-0.39, 0.29) is 11.7 Å². The topological polar surface area (TPSA) is 23.6 Å². The number of piperazine rings is 1. The minimum absolute atomic E-state index is 0.182. The summed E-state index contributed by atoms with van der Waals surface area (Å²) >= 11 is 0. The van der Waals surface area contributed by atoms with E-state index in [0.717, 1.165) is 64.0 Å². The van der Waals surface area contributed by atoms with Crippen LogP contribution in [0.4, 0.5) is 4.39 Å². The number of rotatable bonds is 7. The van der Waals surface area contributed by atoms with Crippen LogP contribution in [0.3, 0.4) is 0 Å². The highest BCUT2D eigenvalue weighted by atomic mass is 19.1. The number of amides is 1. The number of nitrogens with zero attached hydrogens (tertiary/aromatic N) is 2. The molecule has 0 radical (unpaired) electrons. The van der Waals surface area contributed by atoms with Crippen LogP contribution in [0.5, 0.6) is 0 Å². The van der Waals surface area contributed by atoms with Gasteiger partial charge in [-0.3, -0.25) is 9.69 Å². The molecular weight excluding hydrogens is 291 g/mol. The van der Waals surface area contributed by atoms with Gasteiger partial charge in [0.2, 0.25) is 5.91 Å². The summed E-state index contributed by atoms with van der Waals surface area (Å²) in [6, 6.07) is 6.78. The molecule has 1 heterocycles. The molecule has 0 spiro atoms. The molecule has 128 valence electrons. The average Bonchev–Trinajstić information content (AvgIpc) is 2.56. The van der Waals surface area contributed by atoms with Gasteiger partial charge in [0, 0.05) is 38.6 Å². The maximum Gasteiger partial charge on any atom is 0.225 e. The van der Waals surface area contributed by atoms with E-state index in [0.29, 0.717) is 5.91 Å². The molecular formula is C19H29FN2O. The van der Waals surface area contributed by atoms with Gasteiger partial charge in [-0.05, 0) is 30.5 Å². The fraction of sp³-hybridized carbons (Fsp3) is 0.632. The molecule has 0 aliphatic carbocycles. The van der Waals surface area contributed by atoms with Crippen molar-refractivity contribution in [2.75, 3.05) is 26.2 Å². The molecule has 1 atom stereocenters. The predicted molar refractivity (Wildman–Crippen MR) is 91.6 cm³/mol. The first-order chi connectivity index (χ1) is 11.1. The van der Waals surface area contributed by atoms with Crippen molar-refractivity contribution < 1.29 is 9.18 Å². The van der Waals surface area contributed by atoms with Crippen LogP contribution in [0.25, 0.3) is 0 Å². The molecule has 1 unspecified atom stereocenters. The molecule has 23 heavy (non-hydrogen) atoms. The Morgan fingerprint density at radius 2 is 1.96 bits per heavy atom. The summed E-state index contributed by atoms with van der Waals surface area (Å²) in [6.45, 7) is 8.35. The highest BCUT2D eigenvalue weighted by molar-refractivity contribution is 5.78. The summed E-state index contributed by atoms with van der Waals surface area (Å²) in [5, 5.41) is 0. The number of carbonyl (C=O) groups excluding carboxylic acids is 1. The number of hydrogen-bond donors (Lipinski definition) is 0. The van der Waals surface area contributed by atoms with Crippen molar-refractivity contribution in [3.05, 3.63) is 35.6 Å². The molecule has 1 fully saturated rings. The first kappa shape index (κ1) is 17.9. The number of halogens is 1. The van der Waals surface area contributed by atoms with Crippen molar-refractivity contribution >= 4 is 5.91 Å². The minimum Gasteiger partial charge on any atom is -0.340 e. The summed E-state index contributed by atoms with van der Waals surface area (Å²) in [5.74, 6) is 0.328. The van der Waals surface area contributed by atoms with E-state index in [2.05, 4.69) is 18.7 Å². The number of hydrogen-bond acceptors (Lipinski definition) is 2. The largest absolute Gasteiger partial charge is 0.340 e. The number of benzene rings is 1. The summed E-state index contributed by atoms with van der Waals surface area (Å²) in [6.07, 6.45) is 4.21. The SMILES string of the molecule is CCCCC(CC)C(=O)N1CCN(Cc2cccc(F)c2)CC1. The minimum atomic E-state index is -0.182. The van der Waals surface area contributed by atoms with E-state index < -0.39 is 0 Å². The van der Waals surface area contributed by atoms with Crippen molar-refractivity contribution in [1.29, 1.82) is 0 Å². The van der Waals surface area contributed by atoms with Crippen LogP contribution in [0.15, 0.2) is 24.3 Å². The fourth-order valence-corrected chi connectivity index (χ4v) is 3.23. The van der Waals surface area contributed by atoms with Crippen molar-refractivity contribution in [1.82, 2.24) is 9.80 Å². The summed E-state index contributed by atoms with van der Waals surface area (Å²) in [5.41, 5.74) is 0.999. The smallest absolute Gasteiger partial charge is 0.225 e. The van der Waals surface area contributed by atoms with Gasteiger partial charge in [0.15, 0.2) is 0 Å². The van der Waals surface area contributed by atoms with Crippen LogP contribution in [0.1, 0.15) is 45.1 Å². The third kappa shape index (κ3) is 5.31. The van der Waals surface area contributed by atoms with Crippen LogP contribution < -0.4 is 0 Å². The lowest BCUT2D eigenvalue weighted by Gasteiger charge is -2.36. The van der Waals surface area contributed by atoms with Crippen molar-refractivity contribution in [3.63, 3.8) is 0 Å². The molecule has 4 heteroatoms. The molecule has 2 rings (SSSR count). The lowest BCUT2D eigenvalue weighted by molar-refractivity contribution is -0.137. The Hall–Kier alpha value is -1.42. The van der Waals surface area contributed by atoms with E-state index in [4.69, 9.17) is 0 Å².